The normalized spacial score (nSPS) is 20.7. The molecule has 1 N–H and O–H groups in total. The molecule has 1 fully saturated rings. The molecule has 0 aromatic heterocycles. The molecule has 1 aromatic carbocycles. The van der Waals surface area contributed by atoms with Gasteiger partial charge in [0.15, 0.2) is 0 Å². The highest BCUT2D eigenvalue weighted by atomic mass is 16.2. The Hall–Kier alpha value is -2.08. The fraction of sp³-hybridized carbons (Fsp3) is 0.579. The van der Waals surface area contributed by atoms with Gasteiger partial charge in [-0.25, -0.2) is 4.79 Å². The molecule has 0 unspecified atom stereocenters. The van der Waals surface area contributed by atoms with Crippen LogP contribution in [0.3, 0.4) is 0 Å². The van der Waals surface area contributed by atoms with Crippen LogP contribution in [0.1, 0.15) is 18.9 Å². The fourth-order valence-corrected chi connectivity index (χ4v) is 3.82. The summed E-state index contributed by atoms with van der Waals surface area (Å²) in [6.07, 6.45) is 1.90. The molecule has 2 heterocycles. The van der Waals surface area contributed by atoms with E-state index in [1.165, 1.54) is 5.56 Å². The van der Waals surface area contributed by atoms with E-state index in [4.69, 9.17) is 0 Å². The first kappa shape index (κ1) is 17.7. The van der Waals surface area contributed by atoms with Gasteiger partial charge < -0.3 is 20.0 Å². The maximum Gasteiger partial charge on any atom is 0.318 e. The molecule has 2 aliphatic rings. The number of carbonyl (C=O) groups excluding carboxylic acids is 2. The molecule has 1 saturated heterocycles. The van der Waals surface area contributed by atoms with Gasteiger partial charge in [0.05, 0.1) is 0 Å². The minimum Gasteiger partial charge on any atom is -0.326 e. The Bertz CT molecular complexity index is 646. The summed E-state index contributed by atoms with van der Waals surface area (Å²) >= 11 is 0. The minimum atomic E-state index is -0.522. The maximum absolute atomic E-state index is 12.8. The highest BCUT2D eigenvalue weighted by Crippen LogP contribution is 2.28. The van der Waals surface area contributed by atoms with Crippen molar-refractivity contribution in [2.75, 3.05) is 45.2 Å². The van der Waals surface area contributed by atoms with Crippen LogP contribution >= 0.6 is 0 Å². The molecule has 3 rings (SSSR count). The Balaban J connectivity index is 1.55. The second-order valence-electron chi connectivity index (χ2n) is 7.40. The number of fused-ring (bicyclic) bond motifs is 1. The third-order valence-corrected chi connectivity index (χ3v) is 5.06. The number of hydrogen-bond acceptors (Lipinski definition) is 3. The van der Waals surface area contributed by atoms with Crippen LogP contribution in [-0.2, 0) is 11.2 Å². The zero-order valence-electron chi connectivity index (χ0n) is 15.4. The summed E-state index contributed by atoms with van der Waals surface area (Å²) in [5.41, 5.74) is 2.17. The average Bonchev–Trinajstić information content (AvgIpc) is 3.20. The highest BCUT2D eigenvalue weighted by molar-refractivity contribution is 6.00. The quantitative estimate of drug-likeness (QED) is 0.902. The number of nitrogens with one attached hydrogen (secondary N) is 1. The predicted molar refractivity (Wildman–Crippen MR) is 98.7 cm³/mol. The van der Waals surface area contributed by atoms with E-state index in [9.17, 15) is 9.59 Å². The summed E-state index contributed by atoms with van der Waals surface area (Å²) in [4.78, 5) is 31.0. The molecule has 6 heteroatoms. The van der Waals surface area contributed by atoms with Crippen molar-refractivity contribution in [2.45, 2.75) is 25.8 Å². The average molecular weight is 344 g/mol. The van der Waals surface area contributed by atoms with E-state index >= 15 is 0 Å². The summed E-state index contributed by atoms with van der Waals surface area (Å²) in [7, 11) is 4.11. The number of anilines is 1. The summed E-state index contributed by atoms with van der Waals surface area (Å²) < 4.78 is 0. The molecule has 0 spiro atoms. The third kappa shape index (κ3) is 3.95. The van der Waals surface area contributed by atoms with Gasteiger partial charge in [0.1, 0.15) is 6.04 Å². The van der Waals surface area contributed by atoms with Crippen molar-refractivity contribution in [3.05, 3.63) is 29.8 Å². The number of nitrogens with zero attached hydrogens (tertiary/aromatic N) is 3. The van der Waals surface area contributed by atoms with Crippen molar-refractivity contribution in [3.8, 4) is 0 Å². The topological polar surface area (TPSA) is 55.9 Å². The molecule has 25 heavy (non-hydrogen) atoms. The predicted octanol–water partition coefficient (Wildman–Crippen LogP) is 1.56. The molecule has 2 atom stereocenters. The van der Waals surface area contributed by atoms with Crippen molar-refractivity contribution in [1.82, 2.24) is 15.1 Å². The minimum absolute atomic E-state index is 0.0395. The standard InChI is InChI=1S/C19H28N4O2/c1-14(18(24)23-11-9-16-6-4-5-7-17(16)23)20-19(25)22-10-8-15(13-22)12-21(2)3/h4-7,14-15H,8-13H2,1-3H3,(H,20,25)/t14-,15-/m0/s1. The molecule has 3 amide bonds. The smallest absolute Gasteiger partial charge is 0.318 e. The van der Waals surface area contributed by atoms with Gasteiger partial charge in [-0.3, -0.25) is 4.79 Å². The number of rotatable bonds is 4. The maximum atomic E-state index is 12.8. The first-order valence-electron chi connectivity index (χ1n) is 9.05. The van der Waals surface area contributed by atoms with Crippen molar-refractivity contribution >= 4 is 17.6 Å². The highest BCUT2D eigenvalue weighted by Gasteiger charge is 2.31. The van der Waals surface area contributed by atoms with Crippen LogP contribution in [0.4, 0.5) is 10.5 Å². The Morgan fingerprint density at radius 2 is 2.04 bits per heavy atom. The third-order valence-electron chi connectivity index (χ3n) is 5.06. The number of carbonyl (C=O) groups is 2. The Morgan fingerprint density at radius 1 is 1.28 bits per heavy atom. The summed E-state index contributed by atoms with van der Waals surface area (Å²) in [6.45, 7) is 4.97. The van der Waals surface area contributed by atoms with Gasteiger partial charge in [0.2, 0.25) is 5.91 Å². The van der Waals surface area contributed by atoms with E-state index in [-0.39, 0.29) is 11.9 Å². The van der Waals surface area contributed by atoms with Crippen LogP contribution in [0.25, 0.3) is 0 Å². The van der Waals surface area contributed by atoms with Gasteiger partial charge >= 0.3 is 6.03 Å². The van der Waals surface area contributed by atoms with Gasteiger partial charge in [-0.05, 0) is 51.4 Å². The molecule has 0 bridgehead atoms. The Labute approximate surface area is 149 Å². The van der Waals surface area contributed by atoms with Crippen LogP contribution in [0.2, 0.25) is 0 Å². The molecule has 6 nitrogen and oxygen atoms in total. The van der Waals surface area contributed by atoms with Crippen LogP contribution in [0.5, 0.6) is 0 Å². The Kier molecular flexibility index (Phi) is 5.27. The lowest BCUT2D eigenvalue weighted by Crippen LogP contribution is -2.50. The number of amides is 3. The second kappa shape index (κ2) is 7.44. The number of urea groups is 1. The molecular formula is C19H28N4O2. The molecule has 2 aliphatic heterocycles. The van der Waals surface area contributed by atoms with Crippen LogP contribution in [0, 0.1) is 5.92 Å². The lowest BCUT2D eigenvalue weighted by atomic mass is 10.1. The van der Waals surface area contributed by atoms with Crippen molar-refractivity contribution in [2.24, 2.45) is 5.92 Å². The lowest BCUT2D eigenvalue weighted by Gasteiger charge is -2.25. The van der Waals surface area contributed by atoms with E-state index < -0.39 is 6.04 Å². The summed E-state index contributed by atoms with van der Waals surface area (Å²) in [6, 6.07) is 7.32. The van der Waals surface area contributed by atoms with Crippen LogP contribution in [-0.4, -0.2) is 68.1 Å². The van der Waals surface area contributed by atoms with Gasteiger partial charge in [-0.1, -0.05) is 18.2 Å². The van der Waals surface area contributed by atoms with Crippen LogP contribution in [0.15, 0.2) is 24.3 Å². The van der Waals surface area contributed by atoms with E-state index in [1.807, 2.05) is 23.1 Å². The largest absolute Gasteiger partial charge is 0.326 e. The van der Waals surface area contributed by atoms with Crippen molar-refractivity contribution < 1.29 is 9.59 Å². The zero-order valence-corrected chi connectivity index (χ0v) is 15.4. The monoisotopic (exact) mass is 344 g/mol. The molecule has 1 aromatic rings. The number of para-hydroxylation sites is 1. The van der Waals surface area contributed by atoms with E-state index in [0.29, 0.717) is 12.5 Å². The first-order valence-corrected chi connectivity index (χ1v) is 9.05. The number of likely N-dealkylation sites (tertiary alicyclic amines) is 1. The SMILES string of the molecule is C[C@H](NC(=O)N1CC[C@@H](CN(C)C)C1)C(=O)N1CCc2ccccc21. The van der Waals surface area contributed by atoms with Crippen LogP contribution < -0.4 is 10.2 Å². The summed E-state index contributed by atoms with van der Waals surface area (Å²) in [5, 5.41) is 2.89. The van der Waals surface area contributed by atoms with Crippen molar-refractivity contribution in [1.29, 1.82) is 0 Å². The lowest BCUT2D eigenvalue weighted by molar-refractivity contribution is -0.119. The van der Waals surface area contributed by atoms with Crippen molar-refractivity contribution in [3.63, 3.8) is 0 Å². The molecule has 136 valence electrons. The van der Waals surface area contributed by atoms with Gasteiger partial charge in [0.25, 0.3) is 0 Å². The van der Waals surface area contributed by atoms with E-state index in [2.05, 4.69) is 30.4 Å². The molecular weight excluding hydrogens is 316 g/mol. The zero-order chi connectivity index (χ0) is 18.0. The molecule has 0 saturated carbocycles. The van der Waals surface area contributed by atoms with Gasteiger partial charge in [-0.15, -0.1) is 0 Å². The Morgan fingerprint density at radius 3 is 2.80 bits per heavy atom. The number of hydrogen-bond donors (Lipinski definition) is 1. The van der Waals surface area contributed by atoms with E-state index in [0.717, 1.165) is 38.2 Å². The fourth-order valence-electron chi connectivity index (χ4n) is 3.82. The van der Waals surface area contributed by atoms with E-state index in [1.54, 1.807) is 11.8 Å². The van der Waals surface area contributed by atoms with Gasteiger partial charge in [0, 0.05) is 31.9 Å². The second-order valence-corrected chi connectivity index (χ2v) is 7.40. The number of benzene rings is 1. The molecule has 0 radical (unpaired) electrons. The first-order chi connectivity index (χ1) is 12.0. The van der Waals surface area contributed by atoms with Gasteiger partial charge in [-0.2, -0.15) is 0 Å². The molecule has 0 aliphatic carbocycles. The summed E-state index contributed by atoms with van der Waals surface area (Å²) in [5.74, 6) is 0.472.